The zero-order chi connectivity index (χ0) is 11.7. The van der Waals surface area contributed by atoms with Crippen LogP contribution in [0.5, 0.6) is 11.5 Å². The van der Waals surface area contributed by atoms with Gasteiger partial charge in [-0.1, -0.05) is 0 Å². The lowest BCUT2D eigenvalue weighted by Crippen LogP contribution is -3.00. The molecular formula is C14H20ClNO2. The molecule has 4 heteroatoms. The number of rotatable bonds is 2. The standard InChI is InChI=1S/C14H20NO2.ClH/c1-15(7-3-2-4-8-15)10-12-5-6-13-14(9-12)17-11-16-13;/h5-6,9H,2-4,7-8,10-11H2,1H3;1H/q+1;/p-1. The van der Waals surface area contributed by atoms with E-state index >= 15 is 0 Å². The number of nitrogens with zero attached hydrogens (tertiary/aromatic N) is 1. The molecule has 18 heavy (non-hydrogen) atoms. The summed E-state index contributed by atoms with van der Waals surface area (Å²) in [7, 11) is 2.36. The molecule has 0 N–H and O–H groups in total. The number of ether oxygens (including phenoxy) is 2. The molecule has 2 heterocycles. The summed E-state index contributed by atoms with van der Waals surface area (Å²) in [5, 5.41) is 0. The molecule has 0 radical (unpaired) electrons. The summed E-state index contributed by atoms with van der Waals surface area (Å²) >= 11 is 0. The van der Waals surface area contributed by atoms with Crippen LogP contribution in [0.25, 0.3) is 0 Å². The van der Waals surface area contributed by atoms with Crippen LogP contribution in [0.3, 0.4) is 0 Å². The molecule has 0 aromatic heterocycles. The Labute approximate surface area is 115 Å². The molecule has 0 atom stereocenters. The molecule has 3 rings (SSSR count). The van der Waals surface area contributed by atoms with Crippen LogP contribution in [-0.4, -0.2) is 31.4 Å². The van der Waals surface area contributed by atoms with Crippen LogP contribution in [-0.2, 0) is 6.54 Å². The number of halogens is 1. The minimum atomic E-state index is 0. The Bertz CT molecular complexity index is 416. The minimum Gasteiger partial charge on any atom is -1.00 e. The molecule has 1 aromatic carbocycles. The van der Waals surface area contributed by atoms with Crippen LogP contribution < -0.4 is 21.9 Å². The Morgan fingerprint density at radius 2 is 1.78 bits per heavy atom. The Morgan fingerprint density at radius 1 is 1.06 bits per heavy atom. The van der Waals surface area contributed by atoms with Gasteiger partial charge in [-0.05, 0) is 37.5 Å². The van der Waals surface area contributed by atoms with Gasteiger partial charge >= 0.3 is 0 Å². The molecule has 0 aliphatic carbocycles. The summed E-state index contributed by atoms with van der Waals surface area (Å²) in [5.41, 5.74) is 1.36. The van der Waals surface area contributed by atoms with Gasteiger partial charge in [0.1, 0.15) is 6.54 Å². The van der Waals surface area contributed by atoms with E-state index in [0.29, 0.717) is 6.79 Å². The highest BCUT2D eigenvalue weighted by Gasteiger charge is 2.25. The Hall–Kier alpha value is -0.930. The summed E-state index contributed by atoms with van der Waals surface area (Å²) in [4.78, 5) is 0. The van der Waals surface area contributed by atoms with E-state index in [1.807, 2.05) is 6.07 Å². The SMILES string of the molecule is C[N+]1(Cc2ccc3c(c2)OCO3)CCCCC1.[Cl-]. The lowest BCUT2D eigenvalue weighted by Gasteiger charge is -2.37. The van der Waals surface area contributed by atoms with Crippen molar-refractivity contribution in [3.63, 3.8) is 0 Å². The van der Waals surface area contributed by atoms with Crippen molar-refractivity contribution in [2.45, 2.75) is 25.8 Å². The first-order chi connectivity index (χ1) is 8.25. The van der Waals surface area contributed by atoms with Gasteiger partial charge in [-0.15, -0.1) is 0 Å². The molecule has 0 amide bonds. The van der Waals surface area contributed by atoms with Gasteiger partial charge in [0.25, 0.3) is 0 Å². The van der Waals surface area contributed by atoms with Gasteiger partial charge in [0.2, 0.25) is 6.79 Å². The maximum atomic E-state index is 5.43. The molecular weight excluding hydrogens is 250 g/mol. The molecule has 100 valence electrons. The normalized spacial score (nSPS) is 20.3. The zero-order valence-corrected chi connectivity index (χ0v) is 11.6. The molecule has 3 nitrogen and oxygen atoms in total. The van der Waals surface area contributed by atoms with E-state index in [0.717, 1.165) is 18.0 Å². The van der Waals surface area contributed by atoms with Gasteiger partial charge in [-0.2, -0.15) is 0 Å². The fourth-order valence-electron chi connectivity index (χ4n) is 2.91. The Morgan fingerprint density at radius 3 is 2.56 bits per heavy atom. The monoisotopic (exact) mass is 269 g/mol. The van der Waals surface area contributed by atoms with Crippen molar-refractivity contribution >= 4 is 0 Å². The lowest BCUT2D eigenvalue weighted by atomic mass is 10.1. The largest absolute Gasteiger partial charge is 1.00 e. The zero-order valence-electron chi connectivity index (χ0n) is 10.8. The van der Waals surface area contributed by atoms with Crippen molar-refractivity contribution in [2.24, 2.45) is 0 Å². The summed E-state index contributed by atoms with van der Waals surface area (Å²) in [6.45, 7) is 4.07. The van der Waals surface area contributed by atoms with E-state index in [9.17, 15) is 0 Å². The lowest BCUT2D eigenvalue weighted by molar-refractivity contribution is -0.926. The second-order valence-corrected chi connectivity index (χ2v) is 5.47. The smallest absolute Gasteiger partial charge is 0.231 e. The number of quaternary nitrogens is 1. The van der Waals surface area contributed by atoms with Gasteiger partial charge in [0.05, 0.1) is 20.1 Å². The second-order valence-electron chi connectivity index (χ2n) is 5.47. The van der Waals surface area contributed by atoms with Gasteiger partial charge < -0.3 is 26.4 Å². The van der Waals surface area contributed by atoms with Crippen molar-refractivity contribution in [1.29, 1.82) is 0 Å². The van der Waals surface area contributed by atoms with Crippen molar-refractivity contribution < 1.29 is 26.4 Å². The van der Waals surface area contributed by atoms with Crippen molar-refractivity contribution in [2.75, 3.05) is 26.9 Å². The first-order valence-electron chi connectivity index (χ1n) is 6.47. The van der Waals surface area contributed by atoms with Crippen LogP contribution in [0.2, 0.25) is 0 Å². The summed E-state index contributed by atoms with van der Waals surface area (Å²) < 4.78 is 11.9. The number of likely N-dealkylation sites (tertiary alicyclic amines) is 1. The van der Waals surface area contributed by atoms with Gasteiger partial charge in [-0.25, -0.2) is 0 Å². The summed E-state index contributed by atoms with van der Waals surface area (Å²) in [5.74, 6) is 1.79. The van der Waals surface area contributed by atoms with Crippen molar-refractivity contribution in [3.8, 4) is 11.5 Å². The Kier molecular flexibility index (Phi) is 4.03. The van der Waals surface area contributed by atoms with Gasteiger partial charge in [0.15, 0.2) is 11.5 Å². The molecule has 1 aromatic rings. The molecule has 2 aliphatic heterocycles. The predicted molar refractivity (Wildman–Crippen MR) is 66.0 cm³/mol. The van der Waals surface area contributed by atoms with E-state index in [4.69, 9.17) is 9.47 Å². The highest BCUT2D eigenvalue weighted by molar-refractivity contribution is 5.44. The van der Waals surface area contributed by atoms with Crippen molar-refractivity contribution in [3.05, 3.63) is 23.8 Å². The minimum absolute atomic E-state index is 0. The van der Waals surface area contributed by atoms with Crippen molar-refractivity contribution in [1.82, 2.24) is 0 Å². The van der Waals surface area contributed by atoms with Crippen LogP contribution in [0.15, 0.2) is 18.2 Å². The van der Waals surface area contributed by atoms with Crippen LogP contribution in [0.4, 0.5) is 0 Å². The first-order valence-corrected chi connectivity index (χ1v) is 6.47. The third kappa shape index (κ3) is 2.73. The molecule has 0 saturated carbocycles. The number of hydrogen-bond acceptors (Lipinski definition) is 2. The third-order valence-electron chi connectivity index (χ3n) is 3.90. The molecule has 1 saturated heterocycles. The predicted octanol–water partition coefficient (Wildman–Crippen LogP) is -0.450. The Balaban J connectivity index is 0.00000120. The molecule has 0 bridgehead atoms. The van der Waals surface area contributed by atoms with E-state index in [2.05, 4.69) is 19.2 Å². The topological polar surface area (TPSA) is 18.5 Å². The van der Waals surface area contributed by atoms with Crippen LogP contribution >= 0.6 is 0 Å². The quantitative estimate of drug-likeness (QED) is 0.677. The average Bonchev–Trinajstić information content (AvgIpc) is 2.76. The van der Waals surface area contributed by atoms with Crippen LogP contribution in [0.1, 0.15) is 24.8 Å². The molecule has 0 unspecified atom stereocenters. The maximum Gasteiger partial charge on any atom is 0.231 e. The van der Waals surface area contributed by atoms with Crippen LogP contribution in [0, 0.1) is 0 Å². The second kappa shape index (κ2) is 5.37. The summed E-state index contributed by atoms with van der Waals surface area (Å²) in [6, 6.07) is 6.35. The van der Waals surface area contributed by atoms with E-state index in [1.54, 1.807) is 0 Å². The molecule has 1 fully saturated rings. The van der Waals surface area contributed by atoms with Gasteiger partial charge in [-0.3, -0.25) is 0 Å². The number of fused-ring (bicyclic) bond motifs is 1. The molecule has 2 aliphatic rings. The van der Waals surface area contributed by atoms with E-state index < -0.39 is 0 Å². The number of piperidine rings is 1. The maximum absolute atomic E-state index is 5.43. The average molecular weight is 270 g/mol. The fourth-order valence-corrected chi connectivity index (χ4v) is 2.91. The number of hydrogen-bond donors (Lipinski definition) is 0. The molecule has 0 spiro atoms. The van der Waals surface area contributed by atoms with E-state index in [-0.39, 0.29) is 12.4 Å². The van der Waals surface area contributed by atoms with Gasteiger partial charge in [0, 0.05) is 5.56 Å². The summed E-state index contributed by atoms with van der Waals surface area (Å²) in [6.07, 6.45) is 4.12. The number of benzene rings is 1. The van der Waals surface area contributed by atoms with E-state index in [1.165, 1.54) is 42.4 Å². The highest BCUT2D eigenvalue weighted by atomic mass is 35.5. The third-order valence-corrected chi connectivity index (χ3v) is 3.90. The highest BCUT2D eigenvalue weighted by Crippen LogP contribution is 2.33. The first kappa shape index (κ1) is 13.5. The fraction of sp³-hybridized carbons (Fsp3) is 0.571.